The minimum Gasteiger partial charge on any atom is -0.492 e. The fourth-order valence-electron chi connectivity index (χ4n) is 1.66. The van der Waals surface area contributed by atoms with E-state index in [2.05, 4.69) is 44.3 Å². The SMILES string of the molecule is CNCCOc1ccc(C(C)C)c(C)c1. The Bertz CT molecular complexity index is 307. The molecule has 1 aromatic carbocycles. The highest BCUT2D eigenvalue weighted by atomic mass is 16.5. The summed E-state index contributed by atoms with van der Waals surface area (Å²) in [7, 11) is 1.93. The van der Waals surface area contributed by atoms with E-state index >= 15 is 0 Å². The topological polar surface area (TPSA) is 21.3 Å². The van der Waals surface area contributed by atoms with Gasteiger partial charge in [-0.05, 0) is 43.1 Å². The van der Waals surface area contributed by atoms with Crippen LogP contribution in [0.15, 0.2) is 18.2 Å². The first kappa shape index (κ1) is 12.1. The lowest BCUT2D eigenvalue weighted by Crippen LogP contribution is -2.16. The summed E-state index contributed by atoms with van der Waals surface area (Å²) in [5.41, 5.74) is 2.71. The number of nitrogens with one attached hydrogen (secondary N) is 1. The van der Waals surface area contributed by atoms with Crippen molar-refractivity contribution in [2.75, 3.05) is 20.2 Å². The first-order valence-corrected chi connectivity index (χ1v) is 5.53. The van der Waals surface area contributed by atoms with Gasteiger partial charge >= 0.3 is 0 Å². The van der Waals surface area contributed by atoms with E-state index in [9.17, 15) is 0 Å². The van der Waals surface area contributed by atoms with Crippen LogP contribution in [0.2, 0.25) is 0 Å². The molecule has 84 valence electrons. The maximum absolute atomic E-state index is 5.60. The van der Waals surface area contributed by atoms with E-state index in [1.165, 1.54) is 11.1 Å². The van der Waals surface area contributed by atoms with Gasteiger partial charge in [0.05, 0.1) is 0 Å². The van der Waals surface area contributed by atoms with Crippen molar-refractivity contribution in [3.8, 4) is 5.75 Å². The molecule has 2 heteroatoms. The van der Waals surface area contributed by atoms with Crippen LogP contribution >= 0.6 is 0 Å². The Labute approximate surface area is 92.6 Å². The third kappa shape index (κ3) is 3.56. The van der Waals surface area contributed by atoms with Gasteiger partial charge in [0, 0.05) is 6.54 Å². The van der Waals surface area contributed by atoms with Gasteiger partial charge in [0.25, 0.3) is 0 Å². The Hall–Kier alpha value is -1.02. The van der Waals surface area contributed by atoms with Crippen LogP contribution in [0.4, 0.5) is 0 Å². The molecule has 0 atom stereocenters. The van der Waals surface area contributed by atoms with E-state index < -0.39 is 0 Å². The highest BCUT2D eigenvalue weighted by Crippen LogP contribution is 2.23. The summed E-state index contributed by atoms with van der Waals surface area (Å²) in [5, 5.41) is 3.06. The normalized spacial score (nSPS) is 10.7. The molecule has 0 aromatic heterocycles. The molecule has 15 heavy (non-hydrogen) atoms. The lowest BCUT2D eigenvalue weighted by Gasteiger charge is -2.12. The van der Waals surface area contributed by atoms with Gasteiger partial charge in [-0.15, -0.1) is 0 Å². The van der Waals surface area contributed by atoms with Crippen molar-refractivity contribution in [1.29, 1.82) is 0 Å². The molecule has 1 aromatic rings. The van der Waals surface area contributed by atoms with Gasteiger partial charge in [0.2, 0.25) is 0 Å². The van der Waals surface area contributed by atoms with Crippen LogP contribution in [0.3, 0.4) is 0 Å². The third-order valence-electron chi connectivity index (χ3n) is 2.48. The monoisotopic (exact) mass is 207 g/mol. The van der Waals surface area contributed by atoms with Crippen molar-refractivity contribution in [2.24, 2.45) is 0 Å². The van der Waals surface area contributed by atoms with Crippen LogP contribution in [0.5, 0.6) is 5.75 Å². The summed E-state index contributed by atoms with van der Waals surface area (Å²) in [5.74, 6) is 1.54. The molecule has 0 unspecified atom stereocenters. The second kappa shape index (κ2) is 5.76. The highest BCUT2D eigenvalue weighted by Gasteiger charge is 2.04. The molecular formula is C13H21NO. The van der Waals surface area contributed by atoms with Crippen LogP contribution in [-0.4, -0.2) is 20.2 Å². The van der Waals surface area contributed by atoms with Crippen LogP contribution in [-0.2, 0) is 0 Å². The van der Waals surface area contributed by atoms with Crippen molar-refractivity contribution in [1.82, 2.24) is 5.32 Å². The van der Waals surface area contributed by atoms with Crippen LogP contribution in [0.1, 0.15) is 30.9 Å². The molecule has 1 rings (SSSR count). The minimum absolute atomic E-state index is 0.580. The van der Waals surface area contributed by atoms with E-state index in [0.29, 0.717) is 5.92 Å². The Morgan fingerprint density at radius 1 is 1.33 bits per heavy atom. The molecular weight excluding hydrogens is 186 g/mol. The average molecular weight is 207 g/mol. The van der Waals surface area contributed by atoms with E-state index in [-0.39, 0.29) is 0 Å². The molecule has 0 fully saturated rings. The summed E-state index contributed by atoms with van der Waals surface area (Å²) >= 11 is 0. The fourth-order valence-corrected chi connectivity index (χ4v) is 1.66. The number of aryl methyl sites for hydroxylation is 1. The smallest absolute Gasteiger partial charge is 0.119 e. The zero-order valence-corrected chi connectivity index (χ0v) is 10.1. The van der Waals surface area contributed by atoms with Gasteiger partial charge in [-0.3, -0.25) is 0 Å². The zero-order valence-electron chi connectivity index (χ0n) is 10.1. The van der Waals surface area contributed by atoms with Gasteiger partial charge in [-0.2, -0.15) is 0 Å². The number of ether oxygens (including phenoxy) is 1. The number of rotatable bonds is 5. The summed E-state index contributed by atoms with van der Waals surface area (Å²) < 4.78 is 5.60. The summed E-state index contributed by atoms with van der Waals surface area (Å²) in [4.78, 5) is 0. The molecule has 0 bridgehead atoms. The fraction of sp³-hybridized carbons (Fsp3) is 0.538. The Morgan fingerprint density at radius 3 is 2.60 bits per heavy atom. The van der Waals surface area contributed by atoms with E-state index in [0.717, 1.165) is 18.9 Å². The molecule has 0 aliphatic heterocycles. The van der Waals surface area contributed by atoms with Crippen molar-refractivity contribution >= 4 is 0 Å². The van der Waals surface area contributed by atoms with Gasteiger partial charge in [-0.25, -0.2) is 0 Å². The molecule has 0 spiro atoms. The summed E-state index contributed by atoms with van der Waals surface area (Å²) in [6.07, 6.45) is 0. The lowest BCUT2D eigenvalue weighted by atomic mass is 9.98. The Kier molecular flexibility index (Phi) is 4.63. The number of hydrogen-bond acceptors (Lipinski definition) is 2. The van der Waals surface area contributed by atoms with Crippen LogP contribution in [0.25, 0.3) is 0 Å². The van der Waals surface area contributed by atoms with E-state index in [1.807, 2.05) is 7.05 Å². The Balaban J connectivity index is 2.65. The molecule has 0 radical (unpaired) electrons. The zero-order chi connectivity index (χ0) is 11.3. The maximum Gasteiger partial charge on any atom is 0.119 e. The molecule has 0 saturated heterocycles. The van der Waals surface area contributed by atoms with Gasteiger partial charge < -0.3 is 10.1 Å². The third-order valence-corrected chi connectivity index (χ3v) is 2.48. The second-order valence-electron chi connectivity index (χ2n) is 4.13. The van der Waals surface area contributed by atoms with Crippen molar-refractivity contribution in [2.45, 2.75) is 26.7 Å². The van der Waals surface area contributed by atoms with Crippen LogP contribution < -0.4 is 10.1 Å². The quantitative estimate of drug-likeness (QED) is 0.750. The van der Waals surface area contributed by atoms with Crippen molar-refractivity contribution in [3.63, 3.8) is 0 Å². The van der Waals surface area contributed by atoms with E-state index in [1.54, 1.807) is 0 Å². The van der Waals surface area contributed by atoms with Crippen molar-refractivity contribution < 1.29 is 4.74 Å². The molecule has 2 nitrogen and oxygen atoms in total. The van der Waals surface area contributed by atoms with Gasteiger partial charge in [-0.1, -0.05) is 19.9 Å². The number of hydrogen-bond donors (Lipinski definition) is 1. The Morgan fingerprint density at radius 2 is 2.07 bits per heavy atom. The highest BCUT2D eigenvalue weighted by molar-refractivity contribution is 5.36. The first-order valence-electron chi connectivity index (χ1n) is 5.53. The van der Waals surface area contributed by atoms with Gasteiger partial charge in [0.15, 0.2) is 0 Å². The molecule has 0 amide bonds. The molecule has 0 saturated carbocycles. The predicted molar refractivity (Wildman–Crippen MR) is 64.7 cm³/mol. The second-order valence-corrected chi connectivity index (χ2v) is 4.13. The van der Waals surface area contributed by atoms with Gasteiger partial charge in [0.1, 0.15) is 12.4 Å². The van der Waals surface area contributed by atoms with Crippen LogP contribution in [0, 0.1) is 6.92 Å². The standard InChI is InChI=1S/C13H21NO/c1-10(2)13-6-5-12(9-11(13)3)15-8-7-14-4/h5-6,9-10,14H,7-8H2,1-4H3. The molecule has 0 aliphatic carbocycles. The minimum atomic E-state index is 0.580. The molecule has 0 heterocycles. The summed E-state index contributed by atoms with van der Waals surface area (Å²) in [6, 6.07) is 6.33. The molecule has 0 aliphatic rings. The lowest BCUT2D eigenvalue weighted by molar-refractivity contribution is 0.318. The number of benzene rings is 1. The average Bonchev–Trinajstić information content (AvgIpc) is 2.17. The van der Waals surface area contributed by atoms with E-state index in [4.69, 9.17) is 4.74 Å². The first-order chi connectivity index (χ1) is 7.15. The number of likely N-dealkylation sites (N-methyl/N-ethyl adjacent to an activating group) is 1. The van der Waals surface area contributed by atoms with Crippen molar-refractivity contribution in [3.05, 3.63) is 29.3 Å². The predicted octanol–water partition coefficient (Wildman–Crippen LogP) is 2.72. The molecule has 1 N–H and O–H groups in total. The maximum atomic E-state index is 5.60. The summed E-state index contributed by atoms with van der Waals surface area (Å²) in [6.45, 7) is 8.16. The largest absolute Gasteiger partial charge is 0.492 e.